The van der Waals surface area contributed by atoms with Crippen LogP contribution in [-0.4, -0.2) is 59.1 Å². The molecule has 2 amide bonds. The van der Waals surface area contributed by atoms with Crippen LogP contribution in [0.3, 0.4) is 0 Å². The molecule has 0 bridgehead atoms. The van der Waals surface area contributed by atoms with Crippen molar-refractivity contribution < 1.29 is 101 Å². The van der Waals surface area contributed by atoms with E-state index in [1.807, 2.05) is 6.92 Å². The maximum Gasteiger partial charge on any atom is 0.408 e. The van der Waals surface area contributed by atoms with E-state index in [0.717, 1.165) is 12.8 Å². The molecule has 3 N–H and O–H groups in total. The minimum atomic E-state index is -1.09. The zero-order valence-electron chi connectivity index (χ0n) is 20.6. The Labute approximate surface area is 238 Å². The van der Waals surface area contributed by atoms with Crippen molar-refractivity contribution in [3.63, 3.8) is 0 Å². The first kappa shape index (κ1) is 38.8. The van der Waals surface area contributed by atoms with Crippen LogP contribution in [-0.2, 0) is 23.8 Å². The fourth-order valence-electron chi connectivity index (χ4n) is 1.53. The molecule has 0 spiro atoms. The summed E-state index contributed by atoms with van der Waals surface area (Å²) < 4.78 is 14.8. The number of esters is 1. The zero-order valence-corrected chi connectivity index (χ0v) is 28.9. The predicted molar refractivity (Wildman–Crippen MR) is 111 cm³/mol. The summed E-state index contributed by atoms with van der Waals surface area (Å²) in [6.45, 7) is 15.7. The van der Waals surface area contributed by atoms with Crippen LogP contribution in [0, 0.1) is 62.2 Å². The summed E-state index contributed by atoms with van der Waals surface area (Å²) in [6, 6.07) is -1.63. The number of ether oxygens (including phenoxy) is 3. The van der Waals surface area contributed by atoms with E-state index in [4.69, 9.17) is 19.3 Å². The van der Waals surface area contributed by atoms with E-state index >= 15 is 0 Å². The summed E-state index contributed by atoms with van der Waals surface area (Å²) in [5, 5.41) is 13.1. The Morgan fingerprint density at radius 3 is 1.50 bits per heavy atom. The molecule has 0 fully saturated rings. The largest absolute Gasteiger partial charge is 0.480 e. The smallest absolute Gasteiger partial charge is 0.408 e. The van der Waals surface area contributed by atoms with Crippen molar-refractivity contribution in [2.45, 2.75) is 98.4 Å². The first-order valence-electron chi connectivity index (χ1n) is 9.87. The van der Waals surface area contributed by atoms with Crippen LogP contribution >= 0.6 is 0 Å². The first-order chi connectivity index (χ1) is 13.5. The van der Waals surface area contributed by atoms with E-state index in [2.05, 4.69) is 10.6 Å². The van der Waals surface area contributed by atoms with Gasteiger partial charge in [-0.25, -0.2) is 14.4 Å². The molecule has 0 unspecified atom stereocenters. The molecule has 12 heteroatoms. The van der Waals surface area contributed by atoms with Gasteiger partial charge in [0.15, 0.2) is 0 Å². The number of amides is 2. The van der Waals surface area contributed by atoms with Crippen molar-refractivity contribution in [3.8, 4) is 0 Å². The Balaban J connectivity index is -0.000000238. The van der Waals surface area contributed by atoms with Crippen molar-refractivity contribution in [2.75, 3.05) is 6.61 Å². The topological polar surface area (TPSA) is 140 Å². The Morgan fingerprint density at radius 2 is 1.19 bits per heavy atom. The number of hydrogen-bond donors (Lipinski definition) is 3. The van der Waals surface area contributed by atoms with Crippen LogP contribution in [0.25, 0.3) is 0 Å². The number of nitrogens with one attached hydrogen (secondary N) is 2. The Kier molecular flexibility index (Phi) is 23.0. The molecule has 0 saturated carbocycles. The van der Waals surface area contributed by atoms with Crippen LogP contribution in [0.15, 0.2) is 0 Å². The Morgan fingerprint density at radius 1 is 0.812 bits per heavy atom. The molecule has 0 saturated heterocycles. The second kappa shape index (κ2) is 18.9. The fraction of sp³-hybridized carbons (Fsp3) is 0.800. The van der Waals surface area contributed by atoms with Gasteiger partial charge < -0.3 is 30.0 Å². The molecule has 0 heterocycles. The third-order valence-electron chi connectivity index (χ3n) is 2.93. The quantitative estimate of drug-likeness (QED) is 0.201. The van der Waals surface area contributed by atoms with Gasteiger partial charge in [0.2, 0.25) is 0 Å². The van der Waals surface area contributed by atoms with Gasteiger partial charge in [0.1, 0.15) is 23.3 Å². The fourth-order valence-corrected chi connectivity index (χ4v) is 1.53. The SMILES string of the molecule is CCCCOC(=O)[C@H](C)NC(=O)OC(C)(C)C.C[C@H](NC(=O)OC(C)(C)C)C(=O)O.[U].[U]. The molecule has 0 aliphatic carbocycles. The second-order valence-electron chi connectivity index (χ2n) is 8.60. The molecule has 0 rings (SSSR count). The van der Waals surface area contributed by atoms with E-state index in [0.29, 0.717) is 6.61 Å². The standard InChI is InChI=1S/C12H23NO4.C8H15NO4.2U/c1-6-7-8-16-10(14)9(2)13-11(15)17-12(3,4)5;1-5(6(10)11)9-7(12)13-8(2,3)4;;/h9H,6-8H2,1-5H3,(H,13,15);5H,1-4H3,(H,9,12)(H,10,11);;/t9-;5-;;/m00../s1. The number of carbonyl (C=O) groups is 4. The molecule has 0 aliphatic rings. The molecule has 184 valence electrons. The maximum absolute atomic E-state index is 11.4. The van der Waals surface area contributed by atoms with Gasteiger partial charge in [-0.2, -0.15) is 0 Å². The van der Waals surface area contributed by atoms with Gasteiger partial charge in [0.05, 0.1) is 6.61 Å². The third kappa shape index (κ3) is 25.8. The minimum Gasteiger partial charge on any atom is -0.480 e. The molecule has 32 heavy (non-hydrogen) atoms. The number of rotatable bonds is 7. The molecule has 0 aromatic heterocycles. The zero-order chi connectivity index (χ0) is 24.1. The summed E-state index contributed by atoms with van der Waals surface area (Å²) >= 11 is 0. The number of hydrogen-bond acceptors (Lipinski definition) is 7. The molecule has 10 nitrogen and oxygen atoms in total. The molecule has 2 atom stereocenters. The van der Waals surface area contributed by atoms with Crippen LogP contribution in [0.2, 0.25) is 0 Å². The van der Waals surface area contributed by atoms with E-state index in [1.165, 1.54) is 6.92 Å². The van der Waals surface area contributed by atoms with Gasteiger partial charge in [-0.15, -0.1) is 0 Å². The van der Waals surface area contributed by atoms with E-state index < -0.39 is 47.4 Å². The Hall–Kier alpha value is -0.416. The van der Waals surface area contributed by atoms with E-state index in [1.54, 1.807) is 48.5 Å². The van der Waals surface area contributed by atoms with Crippen LogP contribution in [0.1, 0.15) is 75.2 Å². The van der Waals surface area contributed by atoms with Crippen LogP contribution in [0.4, 0.5) is 9.59 Å². The van der Waals surface area contributed by atoms with Gasteiger partial charge >= 0.3 is 24.1 Å². The number of alkyl carbamates (subject to hydrolysis) is 2. The van der Waals surface area contributed by atoms with Gasteiger partial charge in [-0.05, 0) is 61.8 Å². The molecule has 0 aliphatic heterocycles. The summed E-state index contributed by atoms with van der Waals surface area (Å²) in [6.07, 6.45) is 0.450. The average Bonchev–Trinajstić information content (AvgIpc) is 2.51. The van der Waals surface area contributed by atoms with Crippen LogP contribution in [0.5, 0.6) is 0 Å². The average molecular weight is 911 g/mol. The van der Waals surface area contributed by atoms with E-state index in [9.17, 15) is 19.2 Å². The van der Waals surface area contributed by atoms with Gasteiger partial charge in [0, 0.05) is 62.2 Å². The first-order valence-corrected chi connectivity index (χ1v) is 9.87. The molecule has 0 aromatic rings. The number of unbranched alkanes of at least 4 members (excludes halogenated alkanes) is 1. The van der Waals surface area contributed by atoms with Gasteiger partial charge in [-0.1, -0.05) is 13.3 Å². The molecular formula is C20H38N2O8U2. The van der Waals surface area contributed by atoms with Crippen molar-refractivity contribution in [1.29, 1.82) is 0 Å². The molecule has 0 aromatic carbocycles. The van der Waals surface area contributed by atoms with Crippen molar-refractivity contribution >= 4 is 24.1 Å². The minimum absolute atomic E-state index is 0. The van der Waals surface area contributed by atoms with Gasteiger partial charge in [0.25, 0.3) is 0 Å². The number of carbonyl (C=O) groups excluding carboxylic acids is 3. The monoisotopic (exact) mass is 910 g/mol. The molecular weight excluding hydrogens is 872 g/mol. The van der Waals surface area contributed by atoms with Crippen molar-refractivity contribution in [1.82, 2.24) is 10.6 Å². The van der Waals surface area contributed by atoms with Crippen LogP contribution < -0.4 is 10.6 Å². The van der Waals surface area contributed by atoms with Crippen molar-refractivity contribution in [2.24, 2.45) is 0 Å². The summed E-state index contributed by atoms with van der Waals surface area (Å²) in [5.74, 6) is -1.53. The van der Waals surface area contributed by atoms with E-state index in [-0.39, 0.29) is 62.2 Å². The molecule has 0 radical (unpaired) electrons. The third-order valence-corrected chi connectivity index (χ3v) is 2.93. The summed E-state index contributed by atoms with van der Waals surface area (Å²) in [4.78, 5) is 44.1. The van der Waals surface area contributed by atoms with Crippen molar-refractivity contribution in [3.05, 3.63) is 0 Å². The normalized spacial score (nSPS) is 12.2. The second-order valence-corrected chi connectivity index (χ2v) is 8.60. The Bertz CT molecular complexity index is 575. The van der Waals surface area contributed by atoms with Gasteiger partial charge in [-0.3, -0.25) is 4.79 Å². The number of aliphatic carboxylic acids is 1. The number of carboxylic acid groups (broad SMARTS) is 1. The summed E-state index contributed by atoms with van der Waals surface area (Å²) in [5.41, 5.74) is -1.18. The predicted octanol–water partition coefficient (Wildman–Crippen LogP) is 3.23. The maximum atomic E-state index is 11.4. The number of carboxylic acids is 1. The summed E-state index contributed by atoms with van der Waals surface area (Å²) in [7, 11) is 0.